The van der Waals surface area contributed by atoms with Gasteiger partial charge < -0.3 is 30.6 Å². The van der Waals surface area contributed by atoms with E-state index in [9.17, 15) is 35.4 Å². The minimum atomic E-state index is -1.54. The quantitative estimate of drug-likeness (QED) is 0.344. The second-order valence-corrected chi connectivity index (χ2v) is 13.6. The zero-order chi connectivity index (χ0) is 26.4. The molecule has 0 saturated heterocycles. The van der Waals surface area contributed by atoms with Gasteiger partial charge in [-0.25, -0.2) is 0 Å². The van der Waals surface area contributed by atoms with E-state index in [4.69, 9.17) is 0 Å². The highest BCUT2D eigenvalue weighted by Crippen LogP contribution is 2.68. The summed E-state index contributed by atoms with van der Waals surface area (Å²) in [6.07, 6.45) is 1.32. The molecule has 4 rings (SSSR count). The van der Waals surface area contributed by atoms with Crippen molar-refractivity contribution >= 4 is 5.78 Å². The maximum Gasteiger partial charge on any atom is 0.159 e. The smallest absolute Gasteiger partial charge is 0.159 e. The van der Waals surface area contributed by atoms with Crippen LogP contribution in [0.3, 0.4) is 0 Å². The van der Waals surface area contributed by atoms with Crippen LogP contribution in [-0.4, -0.2) is 71.5 Å². The monoisotopic (exact) mass is 494 g/mol. The van der Waals surface area contributed by atoms with Crippen LogP contribution >= 0.6 is 0 Å². The Labute approximate surface area is 209 Å². The van der Waals surface area contributed by atoms with E-state index in [1.807, 2.05) is 27.7 Å². The highest BCUT2D eigenvalue weighted by molar-refractivity contribution is 5.95. The van der Waals surface area contributed by atoms with Crippen molar-refractivity contribution in [2.75, 3.05) is 0 Å². The van der Waals surface area contributed by atoms with Crippen LogP contribution < -0.4 is 0 Å². The molecule has 35 heavy (non-hydrogen) atoms. The molecule has 11 atom stereocenters. The first-order valence-electron chi connectivity index (χ1n) is 13.4. The third-order valence-corrected chi connectivity index (χ3v) is 11.3. The van der Waals surface area contributed by atoms with Gasteiger partial charge in [0.1, 0.15) is 0 Å². The van der Waals surface area contributed by atoms with Crippen LogP contribution in [0.4, 0.5) is 0 Å². The Balaban J connectivity index is 1.68. The Bertz CT molecular complexity index is 894. The van der Waals surface area contributed by atoms with Crippen LogP contribution in [0.5, 0.6) is 0 Å². The van der Waals surface area contributed by atoms with E-state index < -0.39 is 51.9 Å². The molecule has 0 aromatic carbocycles. The molecule has 4 aliphatic carbocycles. The molecule has 6 N–H and O–H groups in total. The maximum atomic E-state index is 13.3. The molecule has 0 radical (unpaired) electrons. The van der Waals surface area contributed by atoms with Gasteiger partial charge in [0.05, 0.1) is 35.1 Å². The van der Waals surface area contributed by atoms with Crippen LogP contribution in [0.2, 0.25) is 0 Å². The number of fused-ring (bicyclic) bond motifs is 5. The standard InChI is InChI=1S/C28H46O7/c1-15(2)26(5,33)14-23(32)27(6,34)22-8-10-28(35)17-11-19(29)18-12-20(30)21(31)13-24(18,3)16(17)7-9-25(22,28)4/h11,15-16,18,20-23,30-35H,7-10,12-14H2,1-6H3/t16-,18+,20+,21-,22+,23+,24+,25+,26+,27+,28+/m0/s1. The van der Waals surface area contributed by atoms with Crippen molar-refractivity contribution in [1.29, 1.82) is 0 Å². The lowest BCUT2D eigenvalue weighted by atomic mass is 9.45. The summed E-state index contributed by atoms with van der Waals surface area (Å²) < 4.78 is 0. The van der Waals surface area contributed by atoms with E-state index in [0.717, 1.165) is 0 Å². The van der Waals surface area contributed by atoms with Crippen molar-refractivity contribution in [2.24, 2.45) is 34.5 Å². The third-order valence-electron chi connectivity index (χ3n) is 11.3. The highest BCUT2D eigenvalue weighted by atomic mass is 16.3. The second kappa shape index (κ2) is 8.34. The average molecular weight is 495 g/mol. The predicted molar refractivity (Wildman–Crippen MR) is 131 cm³/mol. The Morgan fingerprint density at radius 2 is 1.69 bits per heavy atom. The molecule has 3 saturated carbocycles. The van der Waals surface area contributed by atoms with Crippen LogP contribution in [-0.2, 0) is 4.79 Å². The molecule has 0 spiro atoms. The molecule has 7 heteroatoms. The summed E-state index contributed by atoms with van der Waals surface area (Å²) in [7, 11) is 0. The first-order valence-corrected chi connectivity index (χ1v) is 13.4. The normalized spacial score (nSPS) is 47.7. The molecule has 0 heterocycles. The van der Waals surface area contributed by atoms with Gasteiger partial charge in [-0.3, -0.25) is 4.79 Å². The largest absolute Gasteiger partial charge is 0.390 e. The summed E-state index contributed by atoms with van der Waals surface area (Å²) in [6.45, 7) is 11.0. The molecule has 200 valence electrons. The molecule has 0 aromatic rings. The fourth-order valence-electron chi connectivity index (χ4n) is 8.37. The van der Waals surface area contributed by atoms with Gasteiger partial charge in [-0.15, -0.1) is 0 Å². The summed E-state index contributed by atoms with van der Waals surface area (Å²) >= 11 is 0. The third kappa shape index (κ3) is 3.79. The zero-order valence-electron chi connectivity index (χ0n) is 22.2. The average Bonchev–Trinajstić information content (AvgIpc) is 3.02. The van der Waals surface area contributed by atoms with E-state index >= 15 is 0 Å². The van der Waals surface area contributed by atoms with Gasteiger partial charge in [0.25, 0.3) is 0 Å². The van der Waals surface area contributed by atoms with Gasteiger partial charge in [-0.05, 0) is 87.2 Å². The number of allylic oxidation sites excluding steroid dienone is 1. The first-order chi connectivity index (χ1) is 15.9. The highest BCUT2D eigenvalue weighted by Gasteiger charge is 2.69. The number of aliphatic hydroxyl groups is 6. The fourth-order valence-corrected chi connectivity index (χ4v) is 8.37. The lowest BCUT2D eigenvalue weighted by Crippen LogP contribution is -2.63. The first kappa shape index (κ1) is 27.2. The Hall–Kier alpha value is -0.830. The maximum absolute atomic E-state index is 13.3. The fraction of sp³-hybridized carbons (Fsp3) is 0.893. The van der Waals surface area contributed by atoms with Gasteiger partial charge in [0, 0.05) is 17.8 Å². The van der Waals surface area contributed by atoms with Crippen molar-refractivity contribution < 1.29 is 35.4 Å². The molecule has 0 unspecified atom stereocenters. The van der Waals surface area contributed by atoms with E-state index in [-0.39, 0.29) is 36.4 Å². The molecule has 3 fully saturated rings. The molecule has 0 aromatic heterocycles. The summed E-state index contributed by atoms with van der Waals surface area (Å²) in [5, 5.41) is 66.6. The molecule has 4 aliphatic rings. The van der Waals surface area contributed by atoms with Gasteiger partial charge in [0.2, 0.25) is 0 Å². The van der Waals surface area contributed by atoms with Crippen LogP contribution in [0.1, 0.15) is 86.5 Å². The zero-order valence-corrected chi connectivity index (χ0v) is 22.2. The molecular weight excluding hydrogens is 448 g/mol. The van der Waals surface area contributed by atoms with E-state index in [1.54, 1.807) is 19.9 Å². The molecule has 0 aliphatic heterocycles. The Morgan fingerprint density at radius 3 is 2.29 bits per heavy atom. The predicted octanol–water partition coefficient (Wildman–Crippen LogP) is 2.10. The number of rotatable bonds is 5. The van der Waals surface area contributed by atoms with Gasteiger partial charge in [-0.1, -0.05) is 27.7 Å². The van der Waals surface area contributed by atoms with Crippen LogP contribution in [0.25, 0.3) is 0 Å². The molecule has 0 bridgehead atoms. The van der Waals surface area contributed by atoms with Gasteiger partial charge >= 0.3 is 0 Å². The van der Waals surface area contributed by atoms with Crippen LogP contribution in [0, 0.1) is 34.5 Å². The minimum absolute atomic E-state index is 0.0203. The molecular formula is C28H46O7. The Morgan fingerprint density at radius 1 is 1.06 bits per heavy atom. The Kier molecular flexibility index (Phi) is 6.48. The number of hydrogen-bond donors (Lipinski definition) is 6. The second-order valence-electron chi connectivity index (χ2n) is 13.6. The summed E-state index contributed by atoms with van der Waals surface area (Å²) in [4.78, 5) is 13.3. The number of carbonyl (C=O) groups is 1. The van der Waals surface area contributed by atoms with Gasteiger partial charge in [0.15, 0.2) is 5.78 Å². The summed E-state index contributed by atoms with van der Waals surface area (Å²) in [6, 6.07) is 0. The van der Waals surface area contributed by atoms with Gasteiger partial charge in [-0.2, -0.15) is 0 Å². The SMILES string of the molecule is CC(C)[C@](C)(O)C[C@@H](O)[C@](C)(O)[C@@H]1CC[C@@]2(O)C3=CC(=O)[C@H]4C[C@@H](O)[C@@H](O)C[C@]4(C)[C@H]3CC[C@]12C. The van der Waals surface area contributed by atoms with Crippen molar-refractivity contribution in [2.45, 2.75) is 122 Å². The lowest BCUT2D eigenvalue weighted by Gasteiger charge is -2.60. The topological polar surface area (TPSA) is 138 Å². The number of hydrogen-bond acceptors (Lipinski definition) is 7. The molecule has 7 nitrogen and oxygen atoms in total. The summed E-state index contributed by atoms with van der Waals surface area (Å²) in [5.41, 5.74) is -4.62. The molecule has 0 amide bonds. The van der Waals surface area contributed by atoms with Crippen molar-refractivity contribution in [3.63, 3.8) is 0 Å². The van der Waals surface area contributed by atoms with Crippen molar-refractivity contribution in [1.82, 2.24) is 0 Å². The van der Waals surface area contributed by atoms with Crippen LogP contribution in [0.15, 0.2) is 11.6 Å². The lowest BCUT2D eigenvalue weighted by molar-refractivity contribution is -0.184. The van der Waals surface area contributed by atoms with E-state index in [0.29, 0.717) is 37.7 Å². The van der Waals surface area contributed by atoms with E-state index in [2.05, 4.69) is 0 Å². The van der Waals surface area contributed by atoms with E-state index in [1.165, 1.54) is 0 Å². The summed E-state index contributed by atoms with van der Waals surface area (Å²) in [5.74, 6) is -1.12. The minimum Gasteiger partial charge on any atom is -0.390 e. The number of carbonyl (C=O) groups excluding carboxylic acids is 1. The number of ketones is 1. The van der Waals surface area contributed by atoms with Crippen molar-refractivity contribution in [3.8, 4) is 0 Å². The van der Waals surface area contributed by atoms with Crippen molar-refractivity contribution in [3.05, 3.63) is 11.6 Å². The number of aliphatic hydroxyl groups excluding tert-OH is 3.